The van der Waals surface area contributed by atoms with Crippen LogP contribution in [-0.4, -0.2) is 72.9 Å². The summed E-state index contributed by atoms with van der Waals surface area (Å²) in [6.45, 7) is 9.15. The van der Waals surface area contributed by atoms with Crippen molar-refractivity contribution in [2.75, 3.05) is 46.0 Å². The number of thiophene rings is 1. The molecule has 0 bridgehead atoms. The number of fused-ring (bicyclic) bond motifs is 1. The van der Waals surface area contributed by atoms with Gasteiger partial charge in [0.15, 0.2) is 0 Å². The largest absolute Gasteiger partial charge is 0.491 e. The van der Waals surface area contributed by atoms with Crippen LogP contribution in [0, 0.1) is 12.3 Å². The summed E-state index contributed by atoms with van der Waals surface area (Å²) >= 11 is 1.74. The zero-order chi connectivity index (χ0) is 25.2. The summed E-state index contributed by atoms with van der Waals surface area (Å²) in [5.41, 5.74) is 2.45. The highest BCUT2D eigenvalue weighted by Gasteiger charge is 2.33. The SMILES string of the molecule is C#CCOC[C@H](O)CN(CCC)CC(=O)N1CCc2sccc2[C@H]1COc1ccc(C(C)C)cc1. The molecular formula is C28H38N2O4S. The van der Waals surface area contributed by atoms with E-state index >= 15 is 0 Å². The van der Waals surface area contributed by atoms with Crippen molar-refractivity contribution in [3.05, 3.63) is 51.7 Å². The average molecular weight is 499 g/mol. The normalized spacial score (nSPS) is 16.3. The highest BCUT2D eigenvalue weighted by molar-refractivity contribution is 7.10. The number of hydrogen-bond acceptors (Lipinski definition) is 6. The minimum atomic E-state index is -0.694. The lowest BCUT2D eigenvalue weighted by Gasteiger charge is -2.37. The van der Waals surface area contributed by atoms with E-state index in [4.69, 9.17) is 15.9 Å². The predicted octanol–water partition coefficient (Wildman–Crippen LogP) is 4.10. The van der Waals surface area contributed by atoms with Gasteiger partial charge in [-0.05, 0) is 60.0 Å². The van der Waals surface area contributed by atoms with Crippen molar-refractivity contribution in [3.63, 3.8) is 0 Å². The van der Waals surface area contributed by atoms with E-state index in [2.05, 4.69) is 50.3 Å². The number of rotatable bonds is 13. The molecule has 7 heteroatoms. The summed E-state index contributed by atoms with van der Waals surface area (Å²) in [6.07, 6.45) is 6.25. The van der Waals surface area contributed by atoms with Crippen LogP contribution in [0.4, 0.5) is 0 Å². The van der Waals surface area contributed by atoms with E-state index in [1.165, 1.54) is 16.0 Å². The Kier molecular flexibility index (Phi) is 10.6. The molecule has 0 unspecified atom stereocenters. The van der Waals surface area contributed by atoms with E-state index in [0.717, 1.165) is 25.1 Å². The van der Waals surface area contributed by atoms with Crippen LogP contribution in [0.1, 0.15) is 55.2 Å². The van der Waals surface area contributed by atoms with Crippen molar-refractivity contribution in [3.8, 4) is 18.1 Å². The summed E-state index contributed by atoms with van der Waals surface area (Å²) in [4.78, 5) is 18.8. The van der Waals surface area contributed by atoms with Gasteiger partial charge in [0, 0.05) is 18.0 Å². The predicted molar refractivity (Wildman–Crippen MR) is 141 cm³/mol. The van der Waals surface area contributed by atoms with Crippen molar-refractivity contribution >= 4 is 17.2 Å². The maximum atomic E-state index is 13.5. The first-order valence-corrected chi connectivity index (χ1v) is 13.3. The van der Waals surface area contributed by atoms with E-state index in [1.54, 1.807) is 11.3 Å². The fraction of sp³-hybridized carbons (Fsp3) is 0.536. The standard InChI is InChI=1S/C28H38N2O4S/c1-5-13-29(17-23(31)19-33-15-6-2)18-28(32)30-14-11-27-25(12-16-35-27)26(30)20-34-24-9-7-22(8-10-24)21(3)4/h2,7-10,12,16,21,23,26,31H,5,11,13-15,17-20H2,1,3-4H3/t23-,26-/m1/s1. The highest BCUT2D eigenvalue weighted by Crippen LogP contribution is 2.34. The van der Waals surface area contributed by atoms with Crippen molar-refractivity contribution in [2.24, 2.45) is 0 Å². The molecule has 0 radical (unpaired) electrons. The molecule has 0 saturated carbocycles. The molecule has 1 aromatic carbocycles. The van der Waals surface area contributed by atoms with Gasteiger partial charge in [-0.3, -0.25) is 9.69 Å². The molecule has 6 nitrogen and oxygen atoms in total. The lowest BCUT2D eigenvalue weighted by molar-refractivity contribution is -0.136. The Morgan fingerprint density at radius 1 is 1.31 bits per heavy atom. The highest BCUT2D eigenvalue weighted by atomic mass is 32.1. The molecular weight excluding hydrogens is 460 g/mol. The molecule has 35 heavy (non-hydrogen) atoms. The van der Waals surface area contributed by atoms with Crippen molar-refractivity contribution in [1.82, 2.24) is 9.80 Å². The molecule has 1 aliphatic rings. The molecule has 1 amide bonds. The van der Waals surface area contributed by atoms with Gasteiger partial charge < -0.3 is 19.5 Å². The molecule has 0 spiro atoms. The maximum absolute atomic E-state index is 13.5. The first-order chi connectivity index (χ1) is 16.9. The average Bonchev–Trinajstić information content (AvgIpc) is 3.32. The number of nitrogens with zero attached hydrogens (tertiary/aromatic N) is 2. The number of hydrogen-bond donors (Lipinski definition) is 1. The zero-order valence-corrected chi connectivity index (χ0v) is 21.9. The molecule has 2 heterocycles. The van der Waals surface area contributed by atoms with Gasteiger partial charge in [-0.15, -0.1) is 17.8 Å². The summed E-state index contributed by atoms with van der Waals surface area (Å²) in [7, 11) is 0. The van der Waals surface area contributed by atoms with Crippen molar-refractivity contribution in [2.45, 2.75) is 51.7 Å². The Morgan fingerprint density at radius 3 is 2.77 bits per heavy atom. The third kappa shape index (κ3) is 7.81. The molecule has 0 saturated heterocycles. The van der Waals surface area contributed by atoms with Crippen LogP contribution in [0.5, 0.6) is 5.75 Å². The van der Waals surface area contributed by atoms with Gasteiger partial charge in [-0.1, -0.05) is 38.8 Å². The van der Waals surface area contributed by atoms with Gasteiger partial charge in [0.1, 0.15) is 19.0 Å². The topological polar surface area (TPSA) is 62.2 Å². The van der Waals surface area contributed by atoms with Crippen LogP contribution in [0.2, 0.25) is 0 Å². The smallest absolute Gasteiger partial charge is 0.237 e. The van der Waals surface area contributed by atoms with E-state index in [9.17, 15) is 9.90 Å². The summed E-state index contributed by atoms with van der Waals surface area (Å²) < 4.78 is 11.4. The number of carbonyl (C=O) groups excluding carboxylic acids is 1. The minimum Gasteiger partial charge on any atom is -0.491 e. The first kappa shape index (κ1) is 27.2. The Morgan fingerprint density at radius 2 is 2.09 bits per heavy atom. The van der Waals surface area contributed by atoms with E-state index in [-0.39, 0.29) is 31.7 Å². The maximum Gasteiger partial charge on any atom is 0.237 e. The number of benzene rings is 1. The molecule has 0 fully saturated rings. The number of carbonyl (C=O) groups is 1. The van der Waals surface area contributed by atoms with Gasteiger partial charge in [-0.2, -0.15) is 0 Å². The third-order valence-electron chi connectivity index (χ3n) is 6.23. The molecule has 1 aromatic heterocycles. The van der Waals surface area contributed by atoms with Crippen LogP contribution in [0.25, 0.3) is 0 Å². The van der Waals surface area contributed by atoms with Crippen molar-refractivity contribution < 1.29 is 19.4 Å². The Balaban J connectivity index is 1.67. The molecule has 3 rings (SSSR count). The first-order valence-electron chi connectivity index (χ1n) is 12.4. The second kappa shape index (κ2) is 13.6. The second-order valence-corrected chi connectivity index (χ2v) is 10.3. The molecule has 1 aliphatic heterocycles. The van der Waals surface area contributed by atoms with Crippen molar-refractivity contribution in [1.29, 1.82) is 0 Å². The molecule has 2 aromatic rings. The summed E-state index contributed by atoms with van der Waals surface area (Å²) in [5, 5.41) is 12.4. The summed E-state index contributed by atoms with van der Waals surface area (Å²) in [6, 6.07) is 10.2. The second-order valence-electron chi connectivity index (χ2n) is 9.29. The molecule has 1 N–H and O–H groups in total. The minimum absolute atomic E-state index is 0.0517. The molecule has 190 valence electrons. The van der Waals surface area contributed by atoms with Gasteiger partial charge in [0.2, 0.25) is 5.91 Å². The number of aliphatic hydroxyl groups is 1. The van der Waals surface area contributed by atoms with Gasteiger partial charge in [-0.25, -0.2) is 0 Å². The Labute approximate surface area is 213 Å². The van der Waals surface area contributed by atoms with Gasteiger partial charge in [0.05, 0.1) is 25.3 Å². The fourth-order valence-corrected chi connectivity index (χ4v) is 5.36. The molecule has 2 atom stereocenters. The van der Waals surface area contributed by atoms with Crippen LogP contribution >= 0.6 is 11.3 Å². The van der Waals surface area contributed by atoms with E-state index < -0.39 is 6.10 Å². The Bertz CT molecular complexity index is 966. The lowest BCUT2D eigenvalue weighted by Crippen LogP contribution is -2.48. The monoisotopic (exact) mass is 498 g/mol. The number of amides is 1. The van der Waals surface area contributed by atoms with Crippen LogP contribution in [-0.2, 0) is 16.0 Å². The van der Waals surface area contributed by atoms with Gasteiger partial charge in [0.25, 0.3) is 0 Å². The molecule has 0 aliphatic carbocycles. The number of aliphatic hydroxyl groups excluding tert-OH is 1. The summed E-state index contributed by atoms with van der Waals surface area (Å²) in [5.74, 6) is 3.73. The Hall–Kier alpha value is -2.37. The zero-order valence-electron chi connectivity index (χ0n) is 21.1. The fourth-order valence-electron chi connectivity index (χ4n) is 4.44. The van der Waals surface area contributed by atoms with E-state index in [0.29, 0.717) is 25.6 Å². The number of terminal acetylenes is 1. The van der Waals surface area contributed by atoms with E-state index in [1.807, 2.05) is 21.9 Å². The quantitative estimate of drug-likeness (QED) is 0.333. The van der Waals surface area contributed by atoms with Crippen LogP contribution in [0.15, 0.2) is 35.7 Å². The third-order valence-corrected chi connectivity index (χ3v) is 7.23. The van der Waals surface area contributed by atoms with Gasteiger partial charge >= 0.3 is 0 Å². The van der Waals surface area contributed by atoms with Crippen LogP contribution < -0.4 is 4.74 Å². The number of ether oxygens (including phenoxy) is 2. The lowest BCUT2D eigenvalue weighted by atomic mass is 10.00. The van der Waals surface area contributed by atoms with Crippen LogP contribution in [0.3, 0.4) is 0 Å².